The summed E-state index contributed by atoms with van der Waals surface area (Å²) in [4.78, 5) is 0. The summed E-state index contributed by atoms with van der Waals surface area (Å²) in [6.07, 6.45) is 0. The number of hydrogen-bond acceptors (Lipinski definition) is 2. The lowest BCUT2D eigenvalue weighted by Crippen LogP contribution is -1.98. The van der Waals surface area contributed by atoms with E-state index >= 15 is 0 Å². The van der Waals surface area contributed by atoms with E-state index in [4.69, 9.17) is 23.1 Å². The van der Waals surface area contributed by atoms with Gasteiger partial charge in [0.25, 0.3) is 0 Å². The van der Waals surface area contributed by atoms with Crippen LogP contribution in [0.25, 0.3) is 0 Å². The first-order valence-electron chi connectivity index (χ1n) is 3.34. The van der Waals surface area contributed by atoms with E-state index in [2.05, 4.69) is 0 Å². The third kappa shape index (κ3) is 1.26. The minimum atomic E-state index is 0.481. The van der Waals surface area contributed by atoms with Crippen LogP contribution in [-0.2, 0) is 0 Å². The van der Waals surface area contributed by atoms with Crippen LogP contribution >= 0.6 is 11.6 Å². The predicted octanol–water partition coefficient (Wildman–Crippen LogP) is 2.12. The number of anilines is 2. The Morgan fingerprint density at radius 1 is 1.27 bits per heavy atom. The summed E-state index contributed by atoms with van der Waals surface area (Å²) in [6.45, 7) is 3.88. The highest BCUT2D eigenvalue weighted by Crippen LogP contribution is 2.30. The molecular formula is C8H11ClN2. The molecule has 1 aromatic rings. The molecule has 0 unspecified atom stereocenters. The van der Waals surface area contributed by atoms with Crippen molar-refractivity contribution in [3.05, 3.63) is 22.2 Å². The molecule has 0 spiro atoms. The predicted molar refractivity (Wildman–Crippen MR) is 49.8 cm³/mol. The normalized spacial score (nSPS) is 10.1. The molecule has 0 heterocycles. The first kappa shape index (κ1) is 8.21. The summed E-state index contributed by atoms with van der Waals surface area (Å²) in [7, 11) is 0. The van der Waals surface area contributed by atoms with Crippen molar-refractivity contribution in [2.45, 2.75) is 13.8 Å². The van der Waals surface area contributed by atoms with Gasteiger partial charge < -0.3 is 11.5 Å². The zero-order valence-corrected chi connectivity index (χ0v) is 7.37. The Kier molecular flexibility index (Phi) is 1.96. The van der Waals surface area contributed by atoms with Crippen molar-refractivity contribution in [3.8, 4) is 0 Å². The lowest BCUT2D eigenvalue weighted by atomic mass is 10.1. The molecule has 2 nitrogen and oxygen atoms in total. The Morgan fingerprint density at radius 2 is 1.82 bits per heavy atom. The summed E-state index contributed by atoms with van der Waals surface area (Å²) < 4.78 is 0. The van der Waals surface area contributed by atoms with E-state index in [1.165, 1.54) is 0 Å². The molecule has 3 heteroatoms. The third-order valence-electron chi connectivity index (χ3n) is 1.84. The number of benzene rings is 1. The van der Waals surface area contributed by atoms with E-state index in [1.807, 2.05) is 19.9 Å². The number of aryl methyl sites for hydroxylation is 1. The van der Waals surface area contributed by atoms with Gasteiger partial charge in [0, 0.05) is 0 Å². The summed E-state index contributed by atoms with van der Waals surface area (Å²) in [5.74, 6) is 0. The van der Waals surface area contributed by atoms with Crippen LogP contribution in [0.4, 0.5) is 11.4 Å². The van der Waals surface area contributed by atoms with Gasteiger partial charge in [0.15, 0.2) is 0 Å². The molecule has 0 aromatic heterocycles. The Morgan fingerprint density at radius 3 is 2.36 bits per heavy atom. The largest absolute Gasteiger partial charge is 0.397 e. The summed E-state index contributed by atoms with van der Waals surface area (Å²) >= 11 is 5.88. The summed E-state index contributed by atoms with van der Waals surface area (Å²) in [5, 5.41) is 0.572. The fourth-order valence-corrected chi connectivity index (χ4v) is 1.18. The van der Waals surface area contributed by atoms with Crippen LogP contribution in [0.1, 0.15) is 11.1 Å². The van der Waals surface area contributed by atoms with Crippen molar-refractivity contribution in [1.82, 2.24) is 0 Å². The summed E-state index contributed by atoms with van der Waals surface area (Å²) in [5.41, 5.74) is 14.3. The van der Waals surface area contributed by atoms with E-state index in [9.17, 15) is 0 Å². The maximum atomic E-state index is 5.88. The monoisotopic (exact) mass is 170 g/mol. The number of hydrogen-bond donors (Lipinski definition) is 2. The van der Waals surface area contributed by atoms with Gasteiger partial charge in [-0.15, -0.1) is 0 Å². The van der Waals surface area contributed by atoms with Crippen LogP contribution in [0, 0.1) is 13.8 Å². The second-order valence-corrected chi connectivity index (χ2v) is 3.01. The van der Waals surface area contributed by atoms with Crippen molar-refractivity contribution in [3.63, 3.8) is 0 Å². The molecule has 0 fully saturated rings. The van der Waals surface area contributed by atoms with E-state index in [0.717, 1.165) is 11.1 Å². The molecule has 0 radical (unpaired) electrons. The Hall–Kier alpha value is -0.890. The van der Waals surface area contributed by atoms with Gasteiger partial charge in [0.05, 0.1) is 16.4 Å². The van der Waals surface area contributed by atoms with Crippen LogP contribution < -0.4 is 11.5 Å². The van der Waals surface area contributed by atoms with E-state index < -0.39 is 0 Å². The minimum absolute atomic E-state index is 0.481. The maximum absolute atomic E-state index is 5.88. The number of rotatable bonds is 0. The molecule has 0 aliphatic carbocycles. The number of halogens is 1. The first-order valence-corrected chi connectivity index (χ1v) is 3.72. The number of nitrogen functional groups attached to an aromatic ring is 2. The van der Waals surface area contributed by atoms with Gasteiger partial charge in [-0.05, 0) is 31.0 Å². The van der Waals surface area contributed by atoms with E-state index in [-0.39, 0.29) is 0 Å². The quantitative estimate of drug-likeness (QED) is 0.586. The highest BCUT2D eigenvalue weighted by molar-refractivity contribution is 6.34. The SMILES string of the molecule is Cc1cc(N)c(N)c(Cl)c1C. The van der Waals surface area contributed by atoms with Gasteiger partial charge in [-0.1, -0.05) is 11.6 Å². The number of nitrogens with two attached hydrogens (primary N) is 2. The molecule has 0 saturated carbocycles. The van der Waals surface area contributed by atoms with Crippen molar-refractivity contribution in [2.75, 3.05) is 11.5 Å². The van der Waals surface area contributed by atoms with Gasteiger partial charge in [-0.3, -0.25) is 0 Å². The molecule has 0 aliphatic rings. The molecule has 4 N–H and O–H groups in total. The molecular weight excluding hydrogens is 160 g/mol. The lowest BCUT2D eigenvalue weighted by Gasteiger charge is -2.08. The smallest absolute Gasteiger partial charge is 0.0739 e. The second-order valence-electron chi connectivity index (χ2n) is 2.64. The maximum Gasteiger partial charge on any atom is 0.0739 e. The molecule has 0 saturated heterocycles. The van der Waals surface area contributed by atoms with Crippen LogP contribution in [0.15, 0.2) is 6.07 Å². The van der Waals surface area contributed by atoms with Crippen molar-refractivity contribution >= 4 is 23.0 Å². The molecule has 0 atom stereocenters. The standard InChI is InChI=1S/C8H11ClN2/c1-4-3-6(10)8(11)7(9)5(4)2/h3H,10-11H2,1-2H3. The molecule has 60 valence electrons. The molecule has 0 aliphatic heterocycles. The van der Waals surface area contributed by atoms with Gasteiger partial charge >= 0.3 is 0 Å². The average Bonchev–Trinajstić information content (AvgIpc) is 1.97. The highest BCUT2D eigenvalue weighted by Gasteiger charge is 2.05. The second kappa shape index (κ2) is 2.62. The molecule has 0 bridgehead atoms. The van der Waals surface area contributed by atoms with Crippen LogP contribution in [0.5, 0.6) is 0 Å². The van der Waals surface area contributed by atoms with Crippen LogP contribution in [-0.4, -0.2) is 0 Å². The lowest BCUT2D eigenvalue weighted by molar-refractivity contribution is 1.34. The zero-order valence-electron chi connectivity index (χ0n) is 6.61. The minimum Gasteiger partial charge on any atom is -0.397 e. The Balaban J connectivity index is 3.46. The van der Waals surface area contributed by atoms with Gasteiger partial charge in [-0.25, -0.2) is 0 Å². The molecule has 11 heavy (non-hydrogen) atoms. The Labute approximate surface area is 71.1 Å². The topological polar surface area (TPSA) is 52.0 Å². The Bertz CT molecular complexity index is 268. The van der Waals surface area contributed by atoms with E-state index in [1.54, 1.807) is 0 Å². The fraction of sp³-hybridized carbons (Fsp3) is 0.250. The summed E-state index contributed by atoms with van der Waals surface area (Å²) in [6, 6.07) is 1.83. The van der Waals surface area contributed by atoms with Gasteiger partial charge in [0.1, 0.15) is 0 Å². The van der Waals surface area contributed by atoms with Crippen molar-refractivity contribution in [2.24, 2.45) is 0 Å². The fourth-order valence-electron chi connectivity index (χ4n) is 0.921. The van der Waals surface area contributed by atoms with Crippen molar-refractivity contribution < 1.29 is 0 Å². The molecule has 0 amide bonds. The average molecular weight is 171 g/mol. The van der Waals surface area contributed by atoms with Gasteiger partial charge in [-0.2, -0.15) is 0 Å². The zero-order chi connectivity index (χ0) is 8.59. The van der Waals surface area contributed by atoms with Crippen molar-refractivity contribution in [1.29, 1.82) is 0 Å². The third-order valence-corrected chi connectivity index (χ3v) is 2.33. The van der Waals surface area contributed by atoms with Crippen LogP contribution in [0.2, 0.25) is 5.02 Å². The first-order chi connectivity index (χ1) is 5.04. The van der Waals surface area contributed by atoms with Gasteiger partial charge in [0.2, 0.25) is 0 Å². The molecule has 1 rings (SSSR count). The van der Waals surface area contributed by atoms with Crippen LogP contribution in [0.3, 0.4) is 0 Å². The molecule has 1 aromatic carbocycles. The highest BCUT2D eigenvalue weighted by atomic mass is 35.5. The van der Waals surface area contributed by atoms with E-state index in [0.29, 0.717) is 16.4 Å².